The minimum absolute atomic E-state index is 0.245. The molecule has 0 aromatic carbocycles. The Kier molecular flexibility index (Phi) is 4.72. The molecule has 20 heavy (non-hydrogen) atoms. The molecule has 0 bridgehead atoms. The molecule has 1 amide bonds. The summed E-state index contributed by atoms with van der Waals surface area (Å²) in [5.41, 5.74) is 5.03. The molecule has 2 rings (SSSR count). The number of ether oxygens (including phenoxy) is 1. The summed E-state index contributed by atoms with van der Waals surface area (Å²) in [6.45, 7) is 10.2. The van der Waals surface area contributed by atoms with E-state index in [9.17, 15) is 4.79 Å². The highest BCUT2D eigenvalue weighted by Gasteiger charge is 2.39. The van der Waals surface area contributed by atoms with Gasteiger partial charge in [0.1, 0.15) is 0 Å². The maximum Gasteiger partial charge on any atom is 0.237 e. The highest BCUT2D eigenvalue weighted by molar-refractivity contribution is 5.84. The molecule has 2 aliphatic rings. The van der Waals surface area contributed by atoms with E-state index < -0.39 is 5.54 Å². The maximum atomic E-state index is 11.8. The summed E-state index contributed by atoms with van der Waals surface area (Å²) in [6, 6.07) is 0.787. The second-order valence-electron chi connectivity index (χ2n) is 6.88. The summed E-state index contributed by atoms with van der Waals surface area (Å²) in [7, 11) is 0. The number of morpholine rings is 1. The molecule has 1 saturated heterocycles. The molecule has 1 saturated carbocycles. The van der Waals surface area contributed by atoms with Crippen molar-refractivity contribution in [2.45, 2.75) is 76.8 Å². The Morgan fingerprint density at radius 1 is 1.40 bits per heavy atom. The molecule has 0 spiro atoms. The second kappa shape index (κ2) is 6.00. The van der Waals surface area contributed by atoms with Crippen molar-refractivity contribution in [1.82, 2.24) is 10.2 Å². The van der Waals surface area contributed by atoms with Gasteiger partial charge in [0, 0.05) is 25.2 Å². The molecule has 1 heterocycles. The molecule has 0 aromatic heterocycles. The van der Waals surface area contributed by atoms with Crippen molar-refractivity contribution >= 4 is 5.91 Å². The van der Waals surface area contributed by atoms with E-state index >= 15 is 0 Å². The SMILES string of the molecule is CC1CN(C(C)CC(C)(NC2CC2)C(N)=O)CC(C)O1. The van der Waals surface area contributed by atoms with Crippen molar-refractivity contribution in [2.75, 3.05) is 13.1 Å². The predicted molar refractivity (Wildman–Crippen MR) is 79.4 cm³/mol. The van der Waals surface area contributed by atoms with Gasteiger partial charge < -0.3 is 15.8 Å². The molecular weight excluding hydrogens is 254 g/mol. The minimum atomic E-state index is -0.606. The van der Waals surface area contributed by atoms with Crippen molar-refractivity contribution in [1.29, 1.82) is 0 Å². The molecule has 2 fully saturated rings. The standard InChI is InChI=1S/C15H29N3O2/c1-10(18-8-11(2)20-12(3)9-18)7-15(4,14(16)19)17-13-5-6-13/h10-13,17H,5-9H2,1-4H3,(H2,16,19). The van der Waals surface area contributed by atoms with Crippen molar-refractivity contribution in [3.05, 3.63) is 0 Å². The second-order valence-corrected chi connectivity index (χ2v) is 6.88. The summed E-state index contributed by atoms with van der Waals surface area (Å²) >= 11 is 0. The summed E-state index contributed by atoms with van der Waals surface area (Å²) < 4.78 is 5.77. The van der Waals surface area contributed by atoms with E-state index in [0.29, 0.717) is 12.1 Å². The Balaban J connectivity index is 1.96. The highest BCUT2D eigenvalue weighted by Crippen LogP contribution is 2.26. The fourth-order valence-corrected chi connectivity index (χ4v) is 3.21. The predicted octanol–water partition coefficient (Wildman–Crippen LogP) is 0.870. The van der Waals surface area contributed by atoms with E-state index in [2.05, 4.69) is 31.0 Å². The first-order valence-corrected chi connectivity index (χ1v) is 7.77. The molecule has 1 aliphatic carbocycles. The largest absolute Gasteiger partial charge is 0.373 e. The third-order valence-corrected chi connectivity index (χ3v) is 4.42. The van der Waals surface area contributed by atoms with Gasteiger partial charge >= 0.3 is 0 Å². The summed E-state index contributed by atoms with van der Waals surface area (Å²) in [5.74, 6) is -0.245. The Morgan fingerprint density at radius 3 is 2.40 bits per heavy atom. The first-order valence-electron chi connectivity index (χ1n) is 7.77. The van der Waals surface area contributed by atoms with Crippen molar-refractivity contribution < 1.29 is 9.53 Å². The lowest BCUT2D eigenvalue weighted by atomic mass is 9.91. The van der Waals surface area contributed by atoms with Crippen LogP contribution in [0.2, 0.25) is 0 Å². The number of hydrogen-bond acceptors (Lipinski definition) is 4. The van der Waals surface area contributed by atoms with Gasteiger partial charge in [-0.05, 0) is 47.0 Å². The van der Waals surface area contributed by atoms with Crippen LogP contribution < -0.4 is 11.1 Å². The van der Waals surface area contributed by atoms with Crippen molar-refractivity contribution in [3.63, 3.8) is 0 Å². The maximum absolute atomic E-state index is 11.8. The average Bonchev–Trinajstić information content (AvgIpc) is 3.11. The molecule has 0 aromatic rings. The molecule has 3 N–H and O–H groups in total. The van der Waals surface area contributed by atoms with Crippen molar-refractivity contribution in [3.8, 4) is 0 Å². The van der Waals surface area contributed by atoms with Crippen LogP contribution in [0, 0.1) is 0 Å². The lowest BCUT2D eigenvalue weighted by Gasteiger charge is -2.41. The molecular formula is C15H29N3O2. The third-order valence-electron chi connectivity index (χ3n) is 4.42. The van der Waals surface area contributed by atoms with Gasteiger partial charge in [-0.25, -0.2) is 0 Å². The van der Waals surface area contributed by atoms with Crippen LogP contribution >= 0.6 is 0 Å². The van der Waals surface area contributed by atoms with E-state index in [-0.39, 0.29) is 18.1 Å². The van der Waals surface area contributed by atoms with E-state index in [4.69, 9.17) is 10.5 Å². The fraction of sp³-hybridized carbons (Fsp3) is 0.933. The van der Waals surface area contributed by atoms with Gasteiger partial charge in [0.15, 0.2) is 0 Å². The van der Waals surface area contributed by atoms with Crippen molar-refractivity contribution in [2.24, 2.45) is 5.73 Å². The zero-order valence-electron chi connectivity index (χ0n) is 13.2. The van der Waals surface area contributed by atoms with Gasteiger partial charge in [0.25, 0.3) is 0 Å². The van der Waals surface area contributed by atoms with Crippen LogP contribution in [0.15, 0.2) is 0 Å². The number of primary amides is 1. The Morgan fingerprint density at radius 2 is 1.95 bits per heavy atom. The molecule has 1 aliphatic heterocycles. The number of hydrogen-bond donors (Lipinski definition) is 2. The van der Waals surface area contributed by atoms with E-state index in [1.165, 1.54) is 0 Å². The van der Waals surface area contributed by atoms with E-state index in [0.717, 1.165) is 32.4 Å². The topological polar surface area (TPSA) is 67.6 Å². The third kappa shape index (κ3) is 3.93. The van der Waals surface area contributed by atoms with Crippen LogP contribution in [-0.2, 0) is 9.53 Å². The van der Waals surface area contributed by atoms with E-state index in [1.807, 2.05) is 6.92 Å². The normalized spacial score (nSPS) is 32.6. The Hall–Kier alpha value is -0.650. The summed E-state index contributed by atoms with van der Waals surface area (Å²) in [4.78, 5) is 14.3. The zero-order valence-corrected chi connectivity index (χ0v) is 13.2. The van der Waals surface area contributed by atoms with Crippen LogP contribution in [0.5, 0.6) is 0 Å². The first kappa shape index (κ1) is 15.7. The van der Waals surface area contributed by atoms with Crippen LogP contribution in [0.25, 0.3) is 0 Å². The molecule has 5 heteroatoms. The van der Waals surface area contributed by atoms with Gasteiger partial charge in [0.2, 0.25) is 5.91 Å². The molecule has 4 atom stereocenters. The van der Waals surface area contributed by atoms with Crippen LogP contribution in [0.4, 0.5) is 0 Å². The van der Waals surface area contributed by atoms with Crippen LogP contribution in [0.3, 0.4) is 0 Å². The monoisotopic (exact) mass is 283 g/mol. The number of nitrogens with one attached hydrogen (secondary N) is 1. The molecule has 5 nitrogen and oxygen atoms in total. The first-order chi connectivity index (χ1) is 9.30. The van der Waals surface area contributed by atoms with Gasteiger partial charge in [-0.3, -0.25) is 9.69 Å². The number of nitrogens with two attached hydrogens (primary N) is 1. The van der Waals surface area contributed by atoms with Gasteiger partial charge in [-0.15, -0.1) is 0 Å². The number of nitrogens with zero attached hydrogens (tertiary/aromatic N) is 1. The minimum Gasteiger partial charge on any atom is -0.373 e. The quantitative estimate of drug-likeness (QED) is 0.759. The fourth-order valence-electron chi connectivity index (χ4n) is 3.21. The van der Waals surface area contributed by atoms with Crippen LogP contribution in [0.1, 0.15) is 47.0 Å². The zero-order chi connectivity index (χ0) is 14.9. The molecule has 116 valence electrons. The summed E-state index contributed by atoms with van der Waals surface area (Å²) in [5, 5.41) is 3.43. The Labute approximate surface area is 122 Å². The lowest BCUT2D eigenvalue weighted by molar-refractivity contribution is -0.125. The number of carbonyl (C=O) groups excluding carboxylic acids is 1. The smallest absolute Gasteiger partial charge is 0.237 e. The summed E-state index contributed by atoms with van der Waals surface area (Å²) in [6.07, 6.45) is 3.55. The average molecular weight is 283 g/mol. The lowest BCUT2D eigenvalue weighted by Crippen LogP contribution is -2.58. The Bertz CT molecular complexity index is 349. The number of carbonyl (C=O) groups is 1. The van der Waals surface area contributed by atoms with Crippen LogP contribution in [-0.4, -0.2) is 53.7 Å². The van der Waals surface area contributed by atoms with Gasteiger partial charge in [-0.2, -0.15) is 0 Å². The number of amides is 1. The molecule has 4 unspecified atom stereocenters. The highest BCUT2D eigenvalue weighted by atomic mass is 16.5. The van der Waals surface area contributed by atoms with Gasteiger partial charge in [-0.1, -0.05) is 0 Å². The number of rotatable bonds is 6. The molecule has 0 radical (unpaired) electrons. The van der Waals surface area contributed by atoms with Gasteiger partial charge in [0.05, 0.1) is 17.7 Å². The van der Waals surface area contributed by atoms with E-state index in [1.54, 1.807) is 0 Å².